The van der Waals surface area contributed by atoms with Gasteiger partial charge in [-0.1, -0.05) is 20.8 Å². The lowest BCUT2D eigenvalue weighted by atomic mass is 9.56. The largest absolute Gasteiger partial charge is 0.469 e. The Hall–Kier alpha value is -1.06. The first kappa shape index (κ1) is 16.0. The summed E-state index contributed by atoms with van der Waals surface area (Å²) < 4.78 is 9.66. The van der Waals surface area contributed by atoms with Crippen molar-refractivity contribution in [2.24, 2.45) is 23.2 Å². The van der Waals surface area contributed by atoms with Crippen molar-refractivity contribution >= 4 is 11.9 Å². The zero-order valence-electron chi connectivity index (χ0n) is 12.7. The van der Waals surface area contributed by atoms with Gasteiger partial charge in [0.15, 0.2) is 0 Å². The second-order valence-corrected chi connectivity index (χ2v) is 6.00. The van der Waals surface area contributed by atoms with Crippen LogP contribution in [0.5, 0.6) is 0 Å². The molecule has 1 fully saturated rings. The topological polar surface area (TPSA) is 52.6 Å². The Labute approximate surface area is 115 Å². The third-order valence-corrected chi connectivity index (χ3v) is 5.18. The summed E-state index contributed by atoms with van der Waals surface area (Å²) in [5, 5.41) is 0. The fourth-order valence-corrected chi connectivity index (χ4v) is 3.38. The number of methoxy groups -OCH3 is 2. The van der Waals surface area contributed by atoms with Gasteiger partial charge in [-0.05, 0) is 36.5 Å². The average molecular weight is 270 g/mol. The molecule has 4 nitrogen and oxygen atoms in total. The highest BCUT2D eigenvalue weighted by atomic mass is 16.5. The molecule has 1 rings (SSSR count). The van der Waals surface area contributed by atoms with E-state index in [1.54, 1.807) is 0 Å². The number of carbonyl (C=O) groups is 2. The number of hydrogen-bond donors (Lipinski definition) is 0. The lowest BCUT2D eigenvalue weighted by molar-refractivity contribution is -0.158. The first-order chi connectivity index (χ1) is 8.86. The van der Waals surface area contributed by atoms with Crippen molar-refractivity contribution in [3.8, 4) is 0 Å². The Balaban J connectivity index is 2.90. The Kier molecular flexibility index (Phi) is 5.39. The smallest absolute Gasteiger partial charge is 0.309 e. The first-order valence-electron chi connectivity index (χ1n) is 7.01. The molecule has 0 aromatic carbocycles. The highest BCUT2D eigenvalue weighted by molar-refractivity contribution is 5.74. The normalized spacial score (nSPS) is 34.7. The van der Waals surface area contributed by atoms with E-state index in [9.17, 15) is 9.59 Å². The van der Waals surface area contributed by atoms with Crippen LogP contribution in [0, 0.1) is 23.2 Å². The fraction of sp³-hybridized carbons (Fsp3) is 0.867. The van der Waals surface area contributed by atoms with E-state index in [2.05, 4.69) is 20.8 Å². The van der Waals surface area contributed by atoms with E-state index in [0.717, 1.165) is 12.8 Å². The minimum atomic E-state index is -0.213. The van der Waals surface area contributed by atoms with Crippen LogP contribution in [-0.2, 0) is 19.1 Å². The van der Waals surface area contributed by atoms with Crippen LogP contribution < -0.4 is 0 Å². The number of ether oxygens (including phenoxy) is 2. The van der Waals surface area contributed by atoms with Gasteiger partial charge in [-0.3, -0.25) is 9.59 Å². The maximum absolute atomic E-state index is 12.0. The van der Waals surface area contributed by atoms with Crippen LogP contribution in [-0.4, -0.2) is 26.2 Å². The molecule has 4 atom stereocenters. The van der Waals surface area contributed by atoms with E-state index in [1.807, 2.05) is 0 Å². The van der Waals surface area contributed by atoms with Crippen LogP contribution in [0.1, 0.15) is 46.5 Å². The summed E-state index contributed by atoms with van der Waals surface area (Å²) in [4.78, 5) is 23.4. The Morgan fingerprint density at radius 3 is 2.32 bits per heavy atom. The highest BCUT2D eigenvalue weighted by Crippen LogP contribution is 2.51. The molecule has 1 saturated carbocycles. The molecular formula is C15H26O4. The van der Waals surface area contributed by atoms with E-state index in [1.165, 1.54) is 14.2 Å². The van der Waals surface area contributed by atoms with Crippen molar-refractivity contribution in [2.45, 2.75) is 46.5 Å². The van der Waals surface area contributed by atoms with E-state index in [-0.39, 0.29) is 23.3 Å². The van der Waals surface area contributed by atoms with E-state index >= 15 is 0 Å². The van der Waals surface area contributed by atoms with Gasteiger partial charge in [0.25, 0.3) is 0 Å². The number of carbonyl (C=O) groups excluding carboxylic acids is 2. The minimum absolute atomic E-state index is 0.117. The minimum Gasteiger partial charge on any atom is -0.469 e. The van der Waals surface area contributed by atoms with Gasteiger partial charge in [-0.15, -0.1) is 0 Å². The zero-order valence-corrected chi connectivity index (χ0v) is 12.7. The molecule has 0 N–H and O–H groups in total. The summed E-state index contributed by atoms with van der Waals surface area (Å²) in [6, 6.07) is 0. The lowest BCUT2D eigenvalue weighted by Gasteiger charge is -2.48. The number of esters is 2. The summed E-state index contributed by atoms with van der Waals surface area (Å²) in [6.45, 7) is 6.50. The van der Waals surface area contributed by atoms with Gasteiger partial charge in [-0.2, -0.15) is 0 Å². The molecule has 0 unspecified atom stereocenters. The molecular weight excluding hydrogens is 244 g/mol. The molecule has 19 heavy (non-hydrogen) atoms. The number of hydrogen-bond acceptors (Lipinski definition) is 4. The summed E-state index contributed by atoms with van der Waals surface area (Å²) in [7, 11) is 2.83. The van der Waals surface area contributed by atoms with Crippen LogP contribution in [0.4, 0.5) is 0 Å². The molecule has 1 aliphatic carbocycles. The third kappa shape index (κ3) is 3.28. The van der Waals surface area contributed by atoms with Gasteiger partial charge in [0, 0.05) is 6.42 Å². The van der Waals surface area contributed by atoms with Crippen molar-refractivity contribution in [3.05, 3.63) is 0 Å². The van der Waals surface area contributed by atoms with Crippen molar-refractivity contribution in [1.82, 2.24) is 0 Å². The highest BCUT2D eigenvalue weighted by Gasteiger charge is 2.48. The summed E-state index contributed by atoms with van der Waals surface area (Å²) >= 11 is 0. The second kappa shape index (κ2) is 6.40. The summed E-state index contributed by atoms with van der Waals surface area (Å²) in [5.74, 6) is 0.466. The third-order valence-electron chi connectivity index (χ3n) is 5.18. The van der Waals surface area contributed by atoms with Crippen LogP contribution in [0.2, 0.25) is 0 Å². The van der Waals surface area contributed by atoms with Crippen LogP contribution >= 0.6 is 0 Å². The van der Waals surface area contributed by atoms with Crippen molar-refractivity contribution in [3.63, 3.8) is 0 Å². The van der Waals surface area contributed by atoms with Gasteiger partial charge in [0.1, 0.15) is 0 Å². The average Bonchev–Trinajstić information content (AvgIpc) is 2.41. The summed E-state index contributed by atoms with van der Waals surface area (Å²) in [5.41, 5.74) is -0.195. The maximum atomic E-state index is 12.0. The molecule has 110 valence electrons. The molecule has 1 aliphatic rings. The van der Waals surface area contributed by atoms with Gasteiger partial charge < -0.3 is 9.47 Å². The molecule has 0 heterocycles. The van der Waals surface area contributed by atoms with Crippen molar-refractivity contribution < 1.29 is 19.1 Å². The van der Waals surface area contributed by atoms with E-state index < -0.39 is 0 Å². The quantitative estimate of drug-likeness (QED) is 0.737. The lowest BCUT2D eigenvalue weighted by Crippen LogP contribution is -2.45. The first-order valence-corrected chi connectivity index (χ1v) is 7.01. The van der Waals surface area contributed by atoms with E-state index in [4.69, 9.17) is 9.47 Å². The fourth-order valence-electron chi connectivity index (χ4n) is 3.38. The maximum Gasteiger partial charge on any atom is 0.309 e. The van der Waals surface area contributed by atoms with Crippen molar-refractivity contribution in [1.29, 1.82) is 0 Å². The second-order valence-electron chi connectivity index (χ2n) is 6.00. The molecule has 4 heteroatoms. The van der Waals surface area contributed by atoms with Crippen molar-refractivity contribution in [2.75, 3.05) is 14.2 Å². The van der Waals surface area contributed by atoms with Gasteiger partial charge in [0.2, 0.25) is 0 Å². The van der Waals surface area contributed by atoms with Gasteiger partial charge in [-0.25, -0.2) is 0 Å². The molecule has 0 amide bonds. The molecule has 0 radical (unpaired) electrons. The predicted molar refractivity (Wildman–Crippen MR) is 72.4 cm³/mol. The Morgan fingerprint density at radius 2 is 1.79 bits per heavy atom. The number of rotatable bonds is 4. The molecule has 0 aromatic heterocycles. The standard InChI is InChI=1S/C15H26O4/c1-10-6-7-12(14(17)19-5)15(3,11(10)2)9-8-13(16)18-4/h10-12H,6-9H2,1-5H3/t10-,11+,12+,15-/m0/s1. The van der Waals surface area contributed by atoms with Crippen LogP contribution in [0.25, 0.3) is 0 Å². The molecule has 0 spiro atoms. The zero-order chi connectivity index (χ0) is 14.6. The van der Waals surface area contributed by atoms with Crippen LogP contribution in [0.15, 0.2) is 0 Å². The molecule has 0 aliphatic heterocycles. The molecule has 0 aromatic rings. The monoisotopic (exact) mass is 270 g/mol. The predicted octanol–water partition coefficient (Wildman–Crippen LogP) is 2.80. The van der Waals surface area contributed by atoms with Gasteiger partial charge >= 0.3 is 11.9 Å². The van der Waals surface area contributed by atoms with Crippen LogP contribution in [0.3, 0.4) is 0 Å². The Morgan fingerprint density at radius 1 is 1.16 bits per heavy atom. The molecule has 0 saturated heterocycles. The molecule has 0 bridgehead atoms. The Bertz CT molecular complexity index is 339. The van der Waals surface area contributed by atoms with E-state index in [0.29, 0.717) is 24.7 Å². The van der Waals surface area contributed by atoms with Gasteiger partial charge in [0.05, 0.1) is 20.1 Å². The SMILES string of the molecule is COC(=O)CC[C@]1(C)[C@@H](C(=O)OC)CC[C@H](C)[C@H]1C. The summed E-state index contributed by atoms with van der Waals surface area (Å²) in [6.07, 6.45) is 2.91.